The minimum atomic E-state index is -3.54. The van der Waals surface area contributed by atoms with E-state index in [4.69, 9.17) is 5.39 Å². The van der Waals surface area contributed by atoms with Gasteiger partial charge in [0.2, 0.25) is 5.39 Å². The Kier molecular flexibility index (Phi) is 2.59. The maximum absolute atomic E-state index is 10.4. The van der Waals surface area contributed by atoms with Crippen LogP contribution in [0, 0.1) is 11.3 Å². The molecule has 0 saturated carbocycles. The lowest BCUT2D eigenvalue weighted by molar-refractivity contribution is 0.590. The molecule has 0 heterocycles. The van der Waals surface area contributed by atoms with Crippen LogP contribution < -0.4 is 0 Å². The van der Waals surface area contributed by atoms with Gasteiger partial charge in [0, 0.05) is 0 Å². The second-order valence-corrected chi connectivity index (χ2v) is 3.88. The molecule has 0 saturated heterocycles. The van der Waals surface area contributed by atoms with E-state index in [2.05, 4.69) is 4.38 Å². The van der Waals surface area contributed by atoms with Gasteiger partial charge in [-0.25, -0.2) is 0 Å². The predicted octanol–water partition coefficient (Wildman–Crippen LogP) is 0.825. The molecule has 0 spiro atoms. The Hall–Kier alpha value is -0.630. The van der Waals surface area contributed by atoms with Crippen molar-refractivity contribution in [3.8, 4) is 0 Å². The molecule has 0 rings (SSSR count). The summed E-state index contributed by atoms with van der Waals surface area (Å²) in [5, 5.41) is 7.88. The minimum absolute atomic E-state index is 0.00546. The van der Waals surface area contributed by atoms with Crippen molar-refractivity contribution in [3.63, 3.8) is 0 Å². The topological polar surface area (TPSA) is 62.3 Å². The van der Waals surface area contributed by atoms with Gasteiger partial charge in [-0.1, -0.05) is 13.8 Å². The summed E-state index contributed by atoms with van der Waals surface area (Å²) in [7, 11) is -3.54. The molecule has 52 valence electrons. The van der Waals surface area contributed by atoms with Gasteiger partial charge in [-0.15, -0.1) is 8.42 Å². The van der Waals surface area contributed by atoms with Crippen LogP contribution >= 0.6 is 0 Å². The van der Waals surface area contributed by atoms with Gasteiger partial charge < -0.3 is 0 Å². The molecule has 0 fully saturated rings. The zero-order chi connectivity index (χ0) is 7.49. The van der Waals surface area contributed by atoms with Crippen molar-refractivity contribution in [1.82, 2.24) is 0 Å². The summed E-state index contributed by atoms with van der Waals surface area (Å²) in [5.74, 6) is -0.0883. The van der Waals surface area contributed by atoms with E-state index in [0.29, 0.717) is 0 Å². The van der Waals surface area contributed by atoms with E-state index in [1.165, 1.54) is 0 Å². The lowest BCUT2D eigenvalue weighted by Gasteiger charge is -1.89. The van der Waals surface area contributed by atoms with Gasteiger partial charge >= 0.3 is 10.0 Å². The highest BCUT2D eigenvalue weighted by Crippen LogP contribution is 2.00. The predicted molar refractivity (Wildman–Crippen MR) is 33.7 cm³/mol. The summed E-state index contributed by atoms with van der Waals surface area (Å²) in [4.78, 5) is 0. The normalized spacial score (nSPS) is 11.3. The molecule has 0 aromatic heterocycles. The number of diazo groups is 1. The van der Waals surface area contributed by atoms with E-state index in [1.807, 2.05) is 0 Å². The van der Waals surface area contributed by atoms with Crippen LogP contribution in [0.5, 0.6) is 0 Å². The van der Waals surface area contributed by atoms with Gasteiger partial charge in [-0.05, 0) is 5.92 Å². The van der Waals surface area contributed by atoms with Crippen LogP contribution in [0.2, 0.25) is 0 Å². The summed E-state index contributed by atoms with van der Waals surface area (Å²) >= 11 is 0. The first-order valence-corrected chi connectivity index (χ1v) is 4.18. The highest BCUT2D eigenvalue weighted by Gasteiger charge is 2.23. The average molecular weight is 149 g/mol. The molecular formula is C4H9N2O2S+. The molecule has 0 N–H and O–H groups in total. The Balaban J connectivity index is 4.11. The molecule has 0 aliphatic carbocycles. The number of sulfonamides is 1. The van der Waals surface area contributed by atoms with Crippen molar-refractivity contribution in [2.75, 3.05) is 5.75 Å². The molecule has 0 aromatic rings. The van der Waals surface area contributed by atoms with Crippen LogP contribution in [-0.4, -0.2) is 14.2 Å². The molecule has 0 bridgehead atoms. The third-order valence-corrected chi connectivity index (χ3v) is 2.01. The third-order valence-electron chi connectivity index (χ3n) is 0.668. The van der Waals surface area contributed by atoms with Gasteiger partial charge in [-0.3, -0.25) is 0 Å². The van der Waals surface area contributed by atoms with Crippen molar-refractivity contribution in [2.24, 2.45) is 5.92 Å². The van der Waals surface area contributed by atoms with E-state index >= 15 is 0 Å². The Bertz CT molecular complexity index is 211. The summed E-state index contributed by atoms with van der Waals surface area (Å²) in [5.41, 5.74) is 0. The first-order chi connectivity index (χ1) is 3.98. The molecular weight excluding hydrogens is 140 g/mol. The van der Waals surface area contributed by atoms with E-state index in [1.54, 1.807) is 13.8 Å². The van der Waals surface area contributed by atoms with Crippen LogP contribution in [0.15, 0.2) is 0 Å². The monoisotopic (exact) mass is 149 g/mol. The van der Waals surface area contributed by atoms with Gasteiger partial charge in [-0.2, -0.15) is 0 Å². The van der Waals surface area contributed by atoms with Crippen molar-refractivity contribution in [1.29, 1.82) is 5.39 Å². The fraction of sp³-hybridized carbons (Fsp3) is 1.00. The molecule has 0 unspecified atom stereocenters. The Morgan fingerprint density at radius 1 is 1.56 bits per heavy atom. The van der Waals surface area contributed by atoms with E-state index in [-0.39, 0.29) is 11.7 Å². The number of hydrogen-bond acceptors (Lipinski definition) is 3. The molecule has 4 nitrogen and oxygen atoms in total. The third kappa shape index (κ3) is 3.91. The zero-order valence-corrected chi connectivity index (χ0v) is 6.22. The van der Waals surface area contributed by atoms with E-state index in [0.717, 1.165) is 0 Å². The maximum atomic E-state index is 10.4. The van der Waals surface area contributed by atoms with E-state index < -0.39 is 10.0 Å². The van der Waals surface area contributed by atoms with Gasteiger partial charge in [0.1, 0.15) is 5.75 Å². The largest absolute Gasteiger partial charge is 0.520 e. The van der Waals surface area contributed by atoms with Gasteiger partial charge in [0.25, 0.3) is 4.38 Å². The van der Waals surface area contributed by atoms with Crippen LogP contribution in [0.3, 0.4) is 0 Å². The van der Waals surface area contributed by atoms with Crippen molar-refractivity contribution < 1.29 is 8.42 Å². The lowest BCUT2D eigenvalue weighted by atomic mass is 10.3. The Labute approximate surface area is 54.6 Å². The molecule has 0 aromatic carbocycles. The fourth-order valence-corrected chi connectivity index (χ4v) is 1.36. The van der Waals surface area contributed by atoms with Crippen molar-refractivity contribution in [2.45, 2.75) is 13.8 Å². The minimum Gasteiger partial charge on any atom is -0.145 e. The standard InChI is InChI=1S/C4H9N2O2S/c1-4(2)3-9(7,8)6-5/h4H,3H2,1-2H3/q+1. The zero-order valence-electron chi connectivity index (χ0n) is 5.40. The molecule has 0 aliphatic heterocycles. The second kappa shape index (κ2) is 2.78. The molecule has 9 heavy (non-hydrogen) atoms. The van der Waals surface area contributed by atoms with Crippen molar-refractivity contribution >= 4 is 10.0 Å². The second-order valence-electron chi connectivity index (χ2n) is 2.22. The summed E-state index contributed by atoms with van der Waals surface area (Å²) in [6, 6.07) is 0. The van der Waals surface area contributed by atoms with Gasteiger partial charge in [0.05, 0.1) is 0 Å². The van der Waals surface area contributed by atoms with Crippen LogP contribution in [-0.2, 0) is 10.0 Å². The maximum Gasteiger partial charge on any atom is 0.520 e. The quantitative estimate of drug-likeness (QED) is 0.546. The number of rotatable bonds is 2. The highest BCUT2D eigenvalue weighted by molar-refractivity contribution is 7.93. The molecule has 0 aliphatic rings. The summed E-state index contributed by atoms with van der Waals surface area (Å²) < 4.78 is 23.0. The van der Waals surface area contributed by atoms with Crippen LogP contribution in [0.1, 0.15) is 13.8 Å². The summed E-state index contributed by atoms with van der Waals surface area (Å²) in [6.45, 7) is 3.48. The molecule has 0 amide bonds. The Morgan fingerprint density at radius 3 is 2.11 bits per heavy atom. The smallest absolute Gasteiger partial charge is 0.145 e. The SMILES string of the molecule is CC(C)CS(=O)(=O)[N+]#N. The van der Waals surface area contributed by atoms with Crippen LogP contribution in [0.25, 0.3) is 4.38 Å². The molecule has 0 radical (unpaired) electrons. The molecule has 0 atom stereocenters. The average Bonchev–Trinajstić information content (AvgIpc) is 1.63. The first-order valence-electron chi connectivity index (χ1n) is 2.57. The number of hydrogen-bond donors (Lipinski definition) is 0. The number of nitrogens with zero attached hydrogens (tertiary/aromatic N) is 2. The van der Waals surface area contributed by atoms with Crippen LogP contribution in [0.4, 0.5) is 0 Å². The van der Waals surface area contributed by atoms with E-state index in [9.17, 15) is 8.42 Å². The Morgan fingerprint density at radius 2 is 2.00 bits per heavy atom. The van der Waals surface area contributed by atoms with Gasteiger partial charge in [0.15, 0.2) is 0 Å². The van der Waals surface area contributed by atoms with Crippen molar-refractivity contribution in [3.05, 3.63) is 4.38 Å². The molecule has 5 heteroatoms. The highest BCUT2D eigenvalue weighted by atomic mass is 32.2. The first kappa shape index (κ1) is 8.37. The lowest BCUT2D eigenvalue weighted by Crippen LogP contribution is -2.06. The fourth-order valence-electron chi connectivity index (χ4n) is 0.455. The summed E-state index contributed by atoms with van der Waals surface area (Å²) in [6.07, 6.45) is 0.